The lowest BCUT2D eigenvalue weighted by atomic mass is 9.93. The van der Waals surface area contributed by atoms with E-state index in [9.17, 15) is 0 Å². The van der Waals surface area contributed by atoms with Crippen LogP contribution in [0.3, 0.4) is 0 Å². The van der Waals surface area contributed by atoms with Crippen molar-refractivity contribution in [1.82, 2.24) is 19.5 Å². The molecular weight excluding hydrogens is 669 g/mol. The van der Waals surface area contributed by atoms with Gasteiger partial charge in [0.15, 0.2) is 17.5 Å². The Hall–Kier alpha value is -7.43. The summed E-state index contributed by atoms with van der Waals surface area (Å²) in [6.07, 6.45) is 0. The molecule has 0 spiro atoms. The predicted molar refractivity (Wildman–Crippen MR) is 228 cm³/mol. The Morgan fingerprint density at radius 1 is 0.327 bits per heavy atom. The fraction of sp³-hybridized carbons (Fsp3) is 0. The second-order valence-corrected chi connectivity index (χ2v) is 14.0. The summed E-state index contributed by atoms with van der Waals surface area (Å²) in [5.41, 5.74) is 8.62. The third kappa shape index (κ3) is 5.11. The number of hydrogen-bond donors (Lipinski definition) is 0. The van der Waals surface area contributed by atoms with E-state index in [1.54, 1.807) is 0 Å². The molecule has 0 aliphatic carbocycles. The summed E-state index contributed by atoms with van der Waals surface area (Å²) in [4.78, 5) is 15.8. The molecule has 0 unspecified atom stereocenters. The van der Waals surface area contributed by atoms with Crippen molar-refractivity contribution >= 4 is 54.1 Å². The SMILES string of the molecule is c1ccc(-c2nc(-c3cccc(-c4cccc5c4c4ccccc4n5-c4ccccc4)c3)nc(-c3c4ccccc4cc4c3ccc3ccccc34)n2)cc1. The van der Waals surface area contributed by atoms with Crippen molar-refractivity contribution in [3.63, 3.8) is 0 Å². The molecule has 0 atom stereocenters. The molecule has 11 aromatic rings. The van der Waals surface area contributed by atoms with Gasteiger partial charge in [0.05, 0.1) is 11.0 Å². The van der Waals surface area contributed by atoms with Crippen molar-refractivity contribution in [2.24, 2.45) is 0 Å². The first-order chi connectivity index (χ1) is 27.3. The Labute approximate surface area is 317 Å². The van der Waals surface area contributed by atoms with Crippen LogP contribution >= 0.6 is 0 Å². The second-order valence-electron chi connectivity index (χ2n) is 14.0. The van der Waals surface area contributed by atoms with Crippen LogP contribution in [-0.2, 0) is 0 Å². The van der Waals surface area contributed by atoms with E-state index in [-0.39, 0.29) is 0 Å². The highest BCUT2D eigenvalue weighted by molar-refractivity contribution is 6.19. The average molecular weight is 701 g/mol. The number of rotatable bonds is 5. The van der Waals surface area contributed by atoms with Gasteiger partial charge in [-0.25, -0.2) is 15.0 Å². The fourth-order valence-electron chi connectivity index (χ4n) is 8.34. The van der Waals surface area contributed by atoms with Gasteiger partial charge < -0.3 is 4.57 Å². The molecule has 2 aromatic heterocycles. The summed E-state index contributed by atoms with van der Waals surface area (Å²) in [7, 11) is 0. The van der Waals surface area contributed by atoms with Gasteiger partial charge in [-0.2, -0.15) is 0 Å². The first-order valence-electron chi connectivity index (χ1n) is 18.6. The smallest absolute Gasteiger partial charge is 0.165 e. The normalized spacial score (nSPS) is 11.6. The lowest BCUT2D eigenvalue weighted by Crippen LogP contribution is -2.01. The van der Waals surface area contributed by atoms with Crippen molar-refractivity contribution in [3.8, 4) is 51.0 Å². The number of benzene rings is 9. The van der Waals surface area contributed by atoms with Crippen molar-refractivity contribution in [3.05, 3.63) is 194 Å². The van der Waals surface area contributed by atoms with Crippen molar-refractivity contribution in [1.29, 1.82) is 0 Å². The van der Waals surface area contributed by atoms with Crippen LogP contribution in [0.1, 0.15) is 0 Å². The monoisotopic (exact) mass is 700 g/mol. The molecular formula is C51H32N4. The minimum absolute atomic E-state index is 0.631. The third-order valence-corrected chi connectivity index (χ3v) is 10.8. The van der Waals surface area contributed by atoms with E-state index in [1.165, 1.54) is 38.0 Å². The summed E-state index contributed by atoms with van der Waals surface area (Å²) >= 11 is 0. The number of nitrogens with zero attached hydrogens (tertiary/aromatic N) is 4. The van der Waals surface area contributed by atoms with E-state index in [1.807, 2.05) is 18.2 Å². The lowest BCUT2D eigenvalue weighted by molar-refractivity contribution is 1.08. The molecule has 9 aromatic carbocycles. The molecule has 0 amide bonds. The average Bonchev–Trinajstić information content (AvgIpc) is 3.61. The molecule has 0 radical (unpaired) electrons. The predicted octanol–water partition coefficient (Wildman–Crippen LogP) is 13.1. The number of para-hydroxylation sites is 2. The number of fused-ring (bicyclic) bond motifs is 7. The molecule has 0 fully saturated rings. The van der Waals surface area contributed by atoms with Gasteiger partial charge in [0.1, 0.15) is 0 Å². The Bertz CT molecular complexity index is 3260. The van der Waals surface area contributed by atoms with Crippen LogP contribution in [-0.4, -0.2) is 19.5 Å². The zero-order chi connectivity index (χ0) is 36.3. The zero-order valence-electron chi connectivity index (χ0n) is 29.8. The highest BCUT2D eigenvalue weighted by Crippen LogP contribution is 2.41. The molecule has 0 N–H and O–H groups in total. The molecule has 4 heteroatoms. The maximum absolute atomic E-state index is 5.34. The standard InChI is InChI=1S/C51H32N4/c1-3-16-34(17-4-1)49-52-50(54-51(53-49)48-41-24-10-8-18-36(41)32-44-39-23-9-7-15-33(39)29-30-42(44)48)37-20-13-19-35(31-37)40-26-14-28-46-47(40)43-25-11-12-27-45(43)55(46)38-21-5-2-6-22-38/h1-32H. The summed E-state index contributed by atoms with van der Waals surface area (Å²) in [6, 6.07) is 68.6. The third-order valence-electron chi connectivity index (χ3n) is 10.8. The van der Waals surface area contributed by atoms with Crippen LogP contribution in [0.4, 0.5) is 0 Å². The minimum Gasteiger partial charge on any atom is -0.309 e. The summed E-state index contributed by atoms with van der Waals surface area (Å²) in [5.74, 6) is 1.92. The van der Waals surface area contributed by atoms with E-state index >= 15 is 0 Å². The Balaban J connectivity index is 1.15. The van der Waals surface area contributed by atoms with Gasteiger partial charge in [-0.15, -0.1) is 0 Å². The second kappa shape index (κ2) is 12.6. The maximum atomic E-state index is 5.34. The van der Waals surface area contributed by atoms with Gasteiger partial charge in [-0.1, -0.05) is 158 Å². The van der Waals surface area contributed by atoms with Crippen LogP contribution < -0.4 is 0 Å². The largest absolute Gasteiger partial charge is 0.309 e. The van der Waals surface area contributed by atoms with Crippen LogP contribution in [0.2, 0.25) is 0 Å². The highest BCUT2D eigenvalue weighted by atomic mass is 15.0. The van der Waals surface area contributed by atoms with Crippen molar-refractivity contribution < 1.29 is 0 Å². The molecule has 0 saturated carbocycles. The molecule has 55 heavy (non-hydrogen) atoms. The molecule has 2 heterocycles. The van der Waals surface area contributed by atoms with Crippen LogP contribution in [0, 0.1) is 0 Å². The van der Waals surface area contributed by atoms with E-state index in [4.69, 9.17) is 15.0 Å². The van der Waals surface area contributed by atoms with E-state index in [0.29, 0.717) is 17.5 Å². The first-order valence-corrected chi connectivity index (χ1v) is 18.6. The van der Waals surface area contributed by atoms with Gasteiger partial charge in [-0.05, 0) is 79.8 Å². The Kier molecular flexibility index (Phi) is 7.14. The maximum Gasteiger partial charge on any atom is 0.165 e. The molecule has 256 valence electrons. The lowest BCUT2D eigenvalue weighted by Gasteiger charge is -2.15. The summed E-state index contributed by atoms with van der Waals surface area (Å²) < 4.78 is 2.36. The Morgan fingerprint density at radius 2 is 0.927 bits per heavy atom. The summed E-state index contributed by atoms with van der Waals surface area (Å²) in [5, 5.41) is 9.40. The van der Waals surface area contributed by atoms with Crippen LogP contribution in [0.15, 0.2) is 194 Å². The van der Waals surface area contributed by atoms with Gasteiger partial charge in [0.2, 0.25) is 0 Å². The van der Waals surface area contributed by atoms with E-state index < -0.39 is 0 Å². The molecule has 4 nitrogen and oxygen atoms in total. The van der Waals surface area contributed by atoms with Gasteiger partial charge in [-0.3, -0.25) is 0 Å². The molecule has 0 bridgehead atoms. The fourth-order valence-corrected chi connectivity index (χ4v) is 8.34. The van der Waals surface area contributed by atoms with Crippen LogP contribution in [0.25, 0.3) is 105 Å². The Morgan fingerprint density at radius 3 is 1.76 bits per heavy atom. The van der Waals surface area contributed by atoms with Crippen LogP contribution in [0.5, 0.6) is 0 Å². The van der Waals surface area contributed by atoms with Crippen molar-refractivity contribution in [2.45, 2.75) is 0 Å². The molecule has 0 aliphatic heterocycles. The minimum atomic E-state index is 0.631. The molecule has 0 saturated heterocycles. The van der Waals surface area contributed by atoms with E-state index in [2.05, 4.69) is 180 Å². The zero-order valence-corrected chi connectivity index (χ0v) is 29.8. The topological polar surface area (TPSA) is 43.6 Å². The highest BCUT2D eigenvalue weighted by Gasteiger charge is 2.20. The molecule has 0 aliphatic rings. The quantitative estimate of drug-likeness (QED) is 0.133. The van der Waals surface area contributed by atoms with Gasteiger partial charge >= 0.3 is 0 Å². The first kappa shape index (κ1) is 31.1. The summed E-state index contributed by atoms with van der Waals surface area (Å²) in [6.45, 7) is 0. The number of aromatic nitrogens is 4. The van der Waals surface area contributed by atoms with Crippen molar-refractivity contribution in [2.75, 3.05) is 0 Å². The van der Waals surface area contributed by atoms with Gasteiger partial charge in [0, 0.05) is 33.2 Å². The van der Waals surface area contributed by atoms with Gasteiger partial charge in [0.25, 0.3) is 0 Å². The molecule has 11 rings (SSSR count). The van der Waals surface area contributed by atoms with E-state index in [0.717, 1.165) is 49.7 Å². The number of hydrogen-bond acceptors (Lipinski definition) is 3.